The summed E-state index contributed by atoms with van der Waals surface area (Å²) in [5, 5.41) is 0. The molecule has 0 saturated heterocycles. The standard InChI is InChI=1S/C6H6O3S.Li.H/c7-10(8,9)6-4-2-1-3-5-6;;/h1-5H,(H,7,8,9);;. The van der Waals surface area contributed by atoms with Gasteiger partial charge in [-0.05, 0) is 12.1 Å². The van der Waals surface area contributed by atoms with Gasteiger partial charge in [0.2, 0.25) is 0 Å². The first-order valence-electron chi connectivity index (χ1n) is 2.63. The third-order valence-corrected chi connectivity index (χ3v) is 1.91. The van der Waals surface area contributed by atoms with Crippen LogP contribution in [0, 0.1) is 0 Å². The van der Waals surface area contributed by atoms with Crippen LogP contribution in [-0.2, 0) is 10.1 Å². The van der Waals surface area contributed by atoms with Crippen molar-refractivity contribution in [3.63, 3.8) is 0 Å². The van der Waals surface area contributed by atoms with Crippen LogP contribution in [0.2, 0.25) is 0 Å². The van der Waals surface area contributed by atoms with E-state index in [1.165, 1.54) is 12.1 Å². The van der Waals surface area contributed by atoms with Crippen LogP contribution < -0.4 is 0 Å². The van der Waals surface area contributed by atoms with E-state index >= 15 is 0 Å². The Morgan fingerprint density at radius 3 is 1.82 bits per heavy atom. The Morgan fingerprint density at radius 2 is 1.55 bits per heavy atom. The van der Waals surface area contributed by atoms with Gasteiger partial charge in [-0.2, -0.15) is 8.42 Å². The summed E-state index contributed by atoms with van der Waals surface area (Å²) in [4.78, 5) is -0.0741. The molecule has 1 rings (SSSR count). The average molecular weight is 166 g/mol. The van der Waals surface area contributed by atoms with Gasteiger partial charge in [0, 0.05) is 0 Å². The van der Waals surface area contributed by atoms with E-state index in [-0.39, 0.29) is 23.8 Å². The maximum atomic E-state index is 10.4. The third kappa shape index (κ3) is 3.08. The Labute approximate surface area is 77.4 Å². The molecule has 1 aromatic carbocycles. The van der Waals surface area contributed by atoms with Crippen LogP contribution in [0.25, 0.3) is 0 Å². The number of benzene rings is 1. The van der Waals surface area contributed by atoms with Gasteiger partial charge >= 0.3 is 18.9 Å². The second-order valence-corrected chi connectivity index (χ2v) is 3.21. The quantitative estimate of drug-likeness (QED) is 0.481. The van der Waals surface area contributed by atoms with Crippen LogP contribution >= 0.6 is 0 Å². The van der Waals surface area contributed by atoms with Gasteiger partial charge in [-0.15, -0.1) is 0 Å². The molecule has 0 radical (unpaired) electrons. The average Bonchev–Trinajstić information content (AvgIpc) is 1.88. The van der Waals surface area contributed by atoms with Gasteiger partial charge in [0.05, 0.1) is 4.90 Å². The molecule has 0 fully saturated rings. The van der Waals surface area contributed by atoms with E-state index in [0.717, 1.165) is 0 Å². The van der Waals surface area contributed by atoms with Crippen molar-refractivity contribution in [1.82, 2.24) is 0 Å². The molecule has 0 unspecified atom stereocenters. The van der Waals surface area contributed by atoms with Crippen molar-refractivity contribution in [1.29, 1.82) is 0 Å². The summed E-state index contributed by atoms with van der Waals surface area (Å²) < 4.78 is 29.2. The van der Waals surface area contributed by atoms with Crippen LogP contribution in [0.1, 0.15) is 0 Å². The number of hydrogen-bond acceptors (Lipinski definition) is 2. The third-order valence-electron chi connectivity index (χ3n) is 1.04. The monoisotopic (exact) mass is 166 g/mol. The molecule has 11 heavy (non-hydrogen) atoms. The summed E-state index contributed by atoms with van der Waals surface area (Å²) in [6, 6.07) is 7.42. The Balaban J connectivity index is 0.000001000. The van der Waals surface area contributed by atoms with Crippen LogP contribution in [0.4, 0.5) is 0 Å². The first kappa shape index (κ1) is 10.7. The predicted molar refractivity (Wildman–Crippen MR) is 43.4 cm³/mol. The van der Waals surface area contributed by atoms with Crippen molar-refractivity contribution in [2.45, 2.75) is 4.90 Å². The molecule has 0 aliphatic heterocycles. The number of hydrogen-bond donors (Lipinski definition) is 1. The molecular formula is C6H7LiO3S. The summed E-state index contributed by atoms with van der Waals surface area (Å²) in [5.41, 5.74) is 0. The van der Waals surface area contributed by atoms with E-state index in [0.29, 0.717) is 0 Å². The zero-order valence-electron chi connectivity index (χ0n) is 5.06. The first-order chi connectivity index (χ1) is 4.61. The van der Waals surface area contributed by atoms with Gasteiger partial charge in [0.1, 0.15) is 0 Å². The molecule has 3 nitrogen and oxygen atoms in total. The molecule has 0 aliphatic carbocycles. The molecule has 0 saturated carbocycles. The van der Waals surface area contributed by atoms with E-state index in [4.69, 9.17) is 4.55 Å². The molecule has 5 heteroatoms. The minimum atomic E-state index is -4.00. The van der Waals surface area contributed by atoms with E-state index in [1.54, 1.807) is 18.2 Å². The van der Waals surface area contributed by atoms with Gasteiger partial charge in [0.15, 0.2) is 0 Å². The van der Waals surface area contributed by atoms with Crippen LogP contribution in [-0.4, -0.2) is 31.8 Å². The SMILES string of the molecule is O=S(=O)(O)c1ccccc1.[LiH]. The fourth-order valence-corrected chi connectivity index (χ4v) is 1.09. The molecule has 0 bridgehead atoms. The Kier molecular flexibility index (Phi) is 3.83. The van der Waals surface area contributed by atoms with Gasteiger partial charge < -0.3 is 0 Å². The fourth-order valence-electron chi connectivity index (χ4n) is 0.592. The maximum absolute atomic E-state index is 10.4. The molecule has 0 spiro atoms. The van der Waals surface area contributed by atoms with Crippen molar-refractivity contribution in [3.8, 4) is 0 Å². The van der Waals surface area contributed by atoms with Crippen molar-refractivity contribution < 1.29 is 13.0 Å². The fraction of sp³-hybridized carbons (Fsp3) is 0. The van der Waals surface area contributed by atoms with Crippen molar-refractivity contribution >= 4 is 29.0 Å². The van der Waals surface area contributed by atoms with E-state index in [9.17, 15) is 8.42 Å². The van der Waals surface area contributed by atoms with E-state index in [2.05, 4.69) is 0 Å². The Morgan fingerprint density at radius 1 is 1.09 bits per heavy atom. The zero-order valence-corrected chi connectivity index (χ0v) is 5.88. The van der Waals surface area contributed by atoms with Crippen LogP contribution in [0.5, 0.6) is 0 Å². The van der Waals surface area contributed by atoms with Crippen LogP contribution in [0.15, 0.2) is 35.2 Å². The summed E-state index contributed by atoms with van der Waals surface area (Å²) in [6.45, 7) is 0. The molecule has 1 aromatic rings. The summed E-state index contributed by atoms with van der Waals surface area (Å²) >= 11 is 0. The van der Waals surface area contributed by atoms with Gasteiger partial charge in [-0.25, -0.2) is 0 Å². The molecule has 0 atom stereocenters. The van der Waals surface area contributed by atoms with E-state index < -0.39 is 10.1 Å². The van der Waals surface area contributed by atoms with Crippen LogP contribution in [0.3, 0.4) is 0 Å². The van der Waals surface area contributed by atoms with Gasteiger partial charge in [-0.3, -0.25) is 4.55 Å². The Bertz CT molecular complexity index is 306. The van der Waals surface area contributed by atoms with Crippen molar-refractivity contribution in [2.24, 2.45) is 0 Å². The second-order valence-electron chi connectivity index (χ2n) is 1.79. The first-order valence-corrected chi connectivity index (χ1v) is 4.07. The molecular weight excluding hydrogens is 159 g/mol. The second kappa shape index (κ2) is 3.93. The topological polar surface area (TPSA) is 54.4 Å². The summed E-state index contributed by atoms with van der Waals surface area (Å²) in [6.07, 6.45) is 0. The molecule has 0 aliphatic rings. The molecule has 1 N–H and O–H groups in total. The molecule has 56 valence electrons. The minimum absolute atomic E-state index is 0. The van der Waals surface area contributed by atoms with E-state index in [1.807, 2.05) is 0 Å². The molecule has 0 aromatic heterocycles. The summed E-state index contributed by atoms with van der Waals surface area (Å²) in [7, 11) is -4.00. The predicted octanol–water partition coefficient (Wildman–Crippen LogP) is 0.285. The van der Waals surface area contributed by atoms with Gasteiger partial charge in [-0.1, -0.05) is 18.2 Å². The zero-order chi connectivity index (χ0) is 7.61. The Hall–Kier alpha value is -0.273. The number of rotatable bonds is 1. The van der Waals surface area contributed by atoms with Crippen molar-refractivity contribution in [2.75, 3.05) is 0 Å². The molecule has 0 amide bonds. The van der Waals surface area contributed by atoms with Gasteiger partial charge in [0.25, 0.3) is 10.1 Å². The molecule has 0 heterocycles. The normalized spacial score (nSPS) is 10.3. The summed E-state index contributed by atoms with van der Waals surface area (Å²) in [5.74, 6) is 0. The van der Waals surface area contributed by atoms with Crippen molar-refractivity contribution in [3.05, 3.63) is 30.3 Å².